The van der Waals surface area contributed by atoms with Crippen LogP contribution in [0.2, 0.25) is 0 Å². The van der Waals surface area contributed by atoms with Crippen LogP contribution in [0.15, 0.2) is 47.6 Å². The van der Waals surface area contributed by atoms with Gasteiger partial charge in [-0.2, -0.15) is 0 Å². The molecule has 0 atom stereocenters. The van der Waals surface area contributed by atoms with Gasteiger partial charge >= 0.3 is 0 Å². The molecule has 1 amide bonds. The van der Waals surface area contributed by atoms with E-state index < -0.39 is 4.92 Å². The summed E-state index contributed by atoms with van der Waals surface area (Å²) in [6, 6.07) is 12.6. The topological polar surface area (TPSA) is 110 Å². The van der Waals surface area contributed by atoms with E-state index in [0.717, 1.165) is 29.6 Å². The number of para-hydroxylation sites is 1. The number of thioether (sulfide) groups is 1. The number of hydrogen-bond acceptors (Lipinski definition) is 7. The SMILES string of the molecule is Cc1cc([N+](=O)[O-])ccc1NC(=O)CSc1nc(NC2CC2)c2ccccc2n1. The summed E-state index contributed by atoms with van der Waals surface area (Å²) in [5.41, 5.74) is 2.02. The lowest BCUT2D eigenvalue weighted by molar-refractivity contribution is -0.384. The van der Waals surface area contributed by atoms with Crippen molar-refractivity contribution in [2.45, 2.75) is 31.0 Å². The molecular weight excluding hydrogens is 390 g/mol. The van der Waals surface area contributed by atoms with Gasteiger partial charge in [0.2, 0.25) is 5.91 Å². The number of anilines is 2. The molecule has 1 saturated carbocycles. The summed E-state index contributed by atoms with van der Waals surface area (Å²) >= 11 is 1.26. The summed E-state index contributed by atoms with van der Waals surface area (Å²) in [4.78, 5) is 31.9. The van der Waals surface area contributed by atoms with Gasteiger partial charge in [-0.1, -0.05) is 23.9 Å². The Bertz CT molecular complexity index is 1100. The van der Waals surface area contributed by atoms with Gasteiger partial charge in [0.15, 0.2) is 5.16 Å². The molecule has 0 unspecified atom stereocenters. The quantitative estimate of drug-likeness (QED) is 0.261. The first-order valence-corrected chi connectivity index (χ1v) is 10.2. The predicted molar refractivity (Wildman–Crippen MR) is 113 cm³/mol. The molecule has 0 radical (unpaired) electrons. The first-order valence-electron chi connectivity index (χ1n) is 9.20. The molecule has 2 N–H and O–H groups in total. The van der Waals surface area contributed by atoms with E-state index in [2.05, 4.69) is 20.6 Å². The molecule has 0 bridgehead atoms. The molecule has 0 spiro atoms. The highest BCUT2D eigenvalue weighted by Gasteiger charge is 2.23. The number of amides is 1. The van der Waals surface area contributed by atoms with Crippen molar-refractivity contribution >= 4 is 45.8 Å². The first kappa shape index (κ1) is 19.1. The molecule has 1 aromatic heterocycles. The Kier molecular flexibility index (Phi) is 5.30. The molecular formula is C20H19N5O3S. The van der Waals surface area contributed by atoms with Crippen LogP contribution in [-0.4, -0.2) is 32.6 Å². The van der Waals surface area contributed by atoms with E-state index >= 15 is 0 Å². The number of carbonyl (C=O) groups is 1. The largest absolute Gasteiger partial charge is 0.367 e. The third-order valence-corrected chi connectivity index (χ3v) is 5.38. The van der Waals surface area contributed by atoms with Gasteiger partial charge in [0.1, 0.15) is 5.82 Å². The van der Waals surface area contributed by atoms with Gasteiger partial charge in [-0.25, -0.2) is 9.97 Å². The highest BCUT2D eigenvalue weighted by atomic mass is 32.2. The molecule has 8 nitrogen and oxygen atoms in total. The van der Waals surface area contributed by atoms with Gasteiger partial charge in [0.05, 0.1) is 16.2 Å². The Morgan fingerprint density at radius 3 is 2.76 bits per heavy atom. The Morgan fingerprint density at radius 1 is 1.24 bits per heavy atom. The molecule has 1 aliphatic carbocycles. The van der Waals surface area contributed by atoms with E-state index in [1.807, 2.05) is 24.3 Å². The lowest BCUT2D eigenvalue weighted by atomic mass is 10.2. The molecule has 0 aliphatic heterocycles. The molecule has 4 rings (SSSR count). The van der Waals surface area contributed by atoms with E-state index in [1.165, 1.54) is 23.9 Å². The number of benzene rings is 2. The van der Waals surface area contributed by atoms with E-state index in [4.69, 9.17) is 0 Å². The lowest BCUT2D eigenvalue weighted by Gasteiger charge is -2.10. The van der Waals surface area contributed by atoms with Gasteiger partial charge < -0.3 is 10.6 Å². The third-order valence-electron chi connectivity index (χ3n) is 4.53. The average Bonchev–Trinajstić information content (AvgIpc) is 3.52. The molecule has 1 heterocycles. The van der Waals surface area contributed by atoms with Crippen LogP contribution in [0.25, 0.3) is 10.9 Å². The van der Waals surface area contributed by atoms with Crippen LogP contribution in [0.3, 0.4) is 0 Å². The smallest absolute Gasteiger partial charge is 0.269 e. The fraction of sp³-hybridized carbons (Fsp3) is 0.250. The first-order chi connectivity index (χ1) is 14.0. The number of nitrogens with one attached hydrogen (secondary N) is 2. The van der Waals surface area contributed by atoms with Gasteiger partial charge in [-0.05, 0) is 43.5 Å². The number of carbonyl (C=O) groups excluding carboxylic acids is 1. The Hall–Kier alpha value is -3.20. The standard InChI is InChI=1S/C20H19N5O3S/c1-12-10-14(25(27)28)8-9-16(12)22-18(26)11-29-20-23-17-5-3-2-4-15(17)19(24-20)21-13-6-7-13/h2-5,8-10,13H,6-7,11H2,1H3,(H,22,26)(H,21,23,24). The van der Waals surface area contributed by atoms with Crippen LogP contribution in [0.5, 0.6) is 0 Å². The summed E-state index contributed by atoms with van der Waals surface area (Å²) in [7, 11) is 0. The van der Waals surface area contributed by atoms with E-state index in [0.29, 0.717) is 22.4 Å². The zero-order valence-corrected chi connectivity index (χ0v) is 16.5. The average molecular weight is 409 g/mol. The minimum atomic E-state index is -0.460. The monoisotopic (exact) mass is 409 g/mol. The number of nitro groups is 1. The van der Waals surface area contributed by atoms with Crippen LogP contribution in [0.1, 0.15) is 18.4 Å². The molecule has 9 heteroatoms. The van der Waals surface area contributed by atoms with Crippen molar-refractivity contribution in [3.63, 3.8) is 0 Å². The fourth-order valence-corrected chi connectivity index (χ4v) is 3.52. The maximum Gasteiger partial charge on any atom is 0.269 e. The molecule has 1 fully saturated rings. The molecule has 1 aliphatic rings. The molecule has 2 aromatic carbocycles. The summed E-state index contributed by atoms with van der Waals surface area (Å²) in [6.07, 6.45) is 2.27. The second-order valence-corrected chi connectivity index (χ2v) is 7.83. The van der Waals surface area contributed by atoms with Crippen molar-refractivity contribution in [3.05, 3.63) is 58.1 Å². The normalized spacial score (nSPS) is 13.3. The fourth-order valence-electron chi connectivity index (χ4n) is 2.87. The van der Waals surface area contributed by atoms with E-state index in [1.54, 1.807) is 13.0 Å². The number of hydrogen-bond donors (Lipinski definition) is 2. The van der Waals surface area contributed by atoms with Crippen LogP contribution in [-0.2, 0) is 4.79 Å². The number of fused-ring (bicyclic) bond motifs is 1. The highest BCUT2D eigenvalue weighted by molar-refractivity contribution is 7.99. The van der Waals surface area contributed by atoms with Crippen molar-refractivity contribution in [3.8, 4) is 0 Å². The predicted octanol–water partition coefficient (Wildman–Crippen LogP) is 4.15. The van der Waals surface area contributed by atoms with Crippen LogP contribution >= 0.6 is 11.8 Å². The van der Waals surface area contributed by atoms with Gasteiger partial charge in [-0.15, -0.1) is 0 Å². The van der Waals surface area contributed by atoms with Gasteiger partial charge in [0, 0.05) is 29.2 Å². The number of nitrogens with zero attached hydrogens (tertiary/aromatic N) is 3. The second-order valence-electron chi connectivity index (χ2n) is 6.88. The lowest BCUT2D eigenvalue weighted by Crippen LogP contribution is -2.15. The van der Waals surface area contributed by atoms with Gasteiger partial charge in [-0.3, -0.25) is 14.9 Å². The summed E-state index contributed by atoms with van der Waals surface area (Å²) in [6.45, 7) is 1.72. The second kappa shape index (κ2) is 8.04. The van der Waals surface area contributed by atoms with E-state index in [-0.39, 0.29) is 17.3 Å². The number of aryl methyl sites for hydroxylation is 1. The Morgan fingerprint density at radius 2 is 2.03 bits per heavy atom. The molecule has 0 saturated heterocycles. The Balaban J connectivity index is 1.45. The van der Waals surface area contributed by atoms with Gasteiger partial charge in [0.25, 0.3) is 5.69 Å². The zero-order chi connectivity index (χ0) is 20.4. The summed E-state index contributed by atoms with van der Waals surface area (Å²) in [5, 5.41) is 18.5. The summed E-state index contributed by atoms with van der Waals surface area (Å²) in [5.74, 6) is 0.713. The maximum absolute atomic E-state index is 12.4. The highest BCUT2D eigenvalue weighted by Crippen LogP contribution is 2.30. The molecule has 148 valence electrons. The van der Waals surface area contributed by atoms with Crippen molar-refractivity contribution in [2.24, 2.45) is 0 Å². The number of non-ortho nitro benzene ring substituents is 1. The molecule has 29 heavy (non-hydrogen) atoms. The number of nitro benzene ring substituents is 1. The van der Waals surface area contributed by atoms with Crippen molar-refractivity contribution in [1.82, 2.24) is 9.97 Å². The van der Waals surface area contributed by atoms with Crippen molar-refractivity contribution in [2.75, 3.05) is 16.4 Å². The summed E-state index contributed by atoms with van der Waals surface area (Å²) < 4.78 is 0. The van der Waals surface area contributed by atoms with Crippen LogP contribution in [0, 0.1) is 17.0 Å². The molecule has 3 aromatic rings. The van der Waals surface area contributed by atoms with Crippen molar-refractivity contribution < 1.29 is 9.72 Å². The number of rotatable bonds is 7. The minimum Gasteiger partial charge on any atom is -0.367 e. The minimum absolute atomic E-state index is 0.00451. The van der Waals surface area contributed by atoms with Crippen LogP contribution in [0.4, 0.5) is 17.2 Å². The maximum atomic E-state index is 12.4. The van der Waals surface area contributed by atoms with Crippen molar-refractivity contribution in [1.29, 1.82) is 0 Å². The van der Waals surface area contributed by atoms with E-state index in [9.17, 15) is 14.9 Å². The zero-order valence-electron chi connectivity index (χ0n) is 15.7. The number of aromatic nitrogens is 2. The third kappa shape index (κ3) is 4.62. The van der Waals surface area contributed by atoms with Crippen LogP contribution < -0.4 is 10.6 Å². The Labute approximate surface area is 171 Å².